The summed E-state index contributed by atoms with van der Waals surface area (Å²) in [6.45, 7) is 0. The molecular formula is C15H13ClN2O. The van der Waals surface area contributed by atoms with Gasteiger partial charge in [0.1, 0.15) is 5.76 Å². The van der Waals surface area contributed by atoms with Gasteiger partial charge in [-0.25, -0.2) is 0 Å². The molecule has 0 saturated heterocycles. The van der Waals surface area contributed by atoms with Crippen molar-refractivity contribution in [1.29, 1.82) is 0 Å². The maximum Gasteiger partial charge on any atom is 0.152 e. The molecular weight excluding hydrogens is 260 g/mol. The summed E-state index contributed by atoms with van der Waals surface area (Å²) in [5.41, 5.74) is 7.80. The number of hydrogen-bond donors (Lipinski definition) is 1. The summed E-state index contributed by atoms with van der Waals surface area (Å²) in [7, 11) is 0. The van der Waals surface area contributed by atoms with Crippen molar-refractivity contribution in [3.8, 4) is 0 Å². The van der Waals surface area contributed by atoms with Gasteiger partial charge in [-0.3, -0.25) is 4.98 Å². The first-order chi connectivity index (χ1) is 9.24. The molecule has 2 heterocycles. The van der Waals surface area contributed by atoms with Gasteiger partial charge in [0.2, 0.25) is 0 Å². The molecule has 0 bridgehead atoms. The zero-order valence-corrected chi connectivity index (χ0v) is 11.0. The third-order valence-electron chi connectivity index (χ3n) is 3.04. The lowest BCUT2D eigenvalue weighted by atomic mass is 10.1. The molecule has 1 unspecified atom stereocenters. The van der Waals surface area contributed by atoms with E-state index >= 15 is 0 Å². The summed E-state index contributed by atoms with van der Waals surface area (Å²) in [5.74, 6) is 0.730. The fourth-order valence-electron chi connectivity index (χ4n) is 2.07. The van der Waals surface area contributed by atoms with Crippen LogP contribution < -0.4 is 5.73 Å². The van der Waals surface area contributed by atoms with Crippen molar-refractivity contribution in [2.45, 2.75) is 12.5 Å². The van der Waals surface area contributed by atoms with Crippen molar-refractivity contribution in [3.63, 3.8) is 0 Å². The number of halogens is 1. The number of furan rings is 1. The number of hydrogen-bond acceptors (Lipinski definition) is 3. The van der Waals surface area contributed by atoms with E-state index in [4.69, 9.17) is 21.8 Å². The first-order valence-corrected chi connectivity index (χ1v) is 6.45. The molecule has 3 aromatic rings. The van der Waals surface area contributed by atoms with Gasteiger partial charge in [-0.2, -0.15) is 0 Å². The van der Waals surface area contributed by atoms with Crippen molar-refractivity contribution in [2.24, 2.45) is 5.73 Å². The smallest absolute Gasteiger partial charge is 0.152 e. The van der Waals surface area contributed by atoms with Crippen LogP contribution in [0.15, 0.2) is 53.1 Å². The second kappa shape index (κ2) is 5.03. The molecule has 0 saturated carbocycles. The minimum atomic E-state index is -0.224. The predicted molar refractivity (Wildman–Crippen MR) is 76.1 cm³/mol. The Morgan fingerprint density at radius 1 is 1.21 bits per heavy atom. The molecule has 1 atom stereocenters. The van der Waals surface area contributed by atoms with Gasteiger partial charge in [0.15, 0.2) is 5.58 Å². The standard InChI is InChI=1S/C15H13ClN2O/c16-12-6-3-4-10-8-14(19-15(10)12)13(17)9-11-5-1-2-7-18-11/h1-8,13H,9,17H2. The Balaban J connectivity index is 1.89. The number of nitrogens with two attached hydrogens (primary N) is 1. The van der Waals surface area contributed by atoms with Crippen LogP contribution >= 0.6 is 11.6 Å². The van der Waals surface area contributed by atoms with Gasteiger partial charge < -0.3 is 10.2 Å². The van der Waals surface area contributed by atoms with Crippen LogP contribution in [-0.4, -0.2) is 4.98 Å². The first-order valence-electron chi connectivity index (χ1n) is 6.07. The monoisotopic (exact) mass is 272 g/mol. The Hall–Kier alpha value is -1.84. The Labute approximate surface area is 116 Å². The van der Waals surface area contributed by atoms with Gasteiger partial charge >= 0.3 is 0 Å². The lowest BCUT2D eigenvalue weighted by Gasteiger charge is -2.07. The van der Waals surface area contributed by atoms with E-state index in [1.165, 1.54) is 0 Å². The van der Waals surface area contributed by atoms with Gasteiger partial charge in [-0.05, 0) is 24.3 Å². The van der Waals surface area contributed by atoms with E-state index in [1.54, 1.807) is 12.3 Å². The maximum atomic E-state index is 6.16. The molecule has 3 rings (SSSR count). The molecule has 0 fully saturated rings. The molecule has 0 aliphatic heterocycles. The topological polar surface area (TPSA) is 52.0 Å². The highest BCUT2D eigenvalue weighted by Crippen LogP contribution is 2.29. The van der Waals surface area contributed by atoms with Crippen LogP contribution in [0.2, 0.25) is 5.02 Å². The second-order valence-electron chi connectivity index (χ2n) is 4.44. The SMILES string of the molecule is NC(Cc1ccccn1)c1cc2cccc(Cl)c2o1. The third kappa shape index (κ3) is 2.48. The molecule has 1 aromatic carbocycles. The van der Waals surface area contributed by atoms with E-state index in [9.17, 15) is 0 Å². The molecule has 96 valence electrons. The number of rotatable bonds is 3. The fourth-order valence-corrected chi connectivity index (χ4v) is 2.30. The number of aromatic nitrogens is 1. The lowest BCUT2D eigenvalue weighted by Crippen LogP contribution is -2.13. The molecule has 0 amide bonds. The summed E-state index contributed by atoms with van der Waals surface area (Å²) >= 11 is 6.09. The molecule has 0 spiro atoms. The van der Waals surface area contributed by atoms with E-state index in [0.29, 0.717) is 17.0 Å². The summed E-state index contributed by atoms with van der Waals surface area (Å²) in [6, 6.07) is 13.2. The number of nitrogens with zero attached hydrogens (tertiary/aromatic N) is 1. The zero-order valence-electron chi connectivity index (χ0n) is 10.2. The minimum Gasteiger partial charge on any atom is -0.458 e. The Kier molecular flexibility index (Phi) is 3.23. The van der Waals surface area contributed by atoms with Crippen LogP contribution in [-0.2, 0) is 6.42 Å². The van der Waals surface area contributed by atoms with Crippen LogP contribution in [0.1, 0.15) is 17.5 Å². The minimum absolute atomic E-state index is 0.224. The first kappa shape index (κ1) is 12.2. The Morgan fingerprint density at radius 3 is 2.84 bits per heavy atom. The number of benzene rings is 1. The summed E-state index contributed by atoms with van der Waals surface area (Å²) < 4.78 is 5.75. The maximum absolute atomic E-state index is 6.16. The van der Waals surface area contributed by atoms with Crippen molar-refractivity contribution >= 4 is 22.6 Å². The highest BCUT2D eigenvalue weighted by atomic mass is 35.5. The highest BCUT2D eigenvalue weighted by molar-refractivity contribution is 6.34. The van der Waals surface area contributed by atoms with Gasteiger partial charge in [0.25, 0.3) is 0 Å². The normalized spacial score (nSPS) is 12.7. The zero-order chi connectivity index (χ0) is 13.2. The van der Waals surface area contributed by atoms with Crippen LogP contribution in [0, 0.1) is 0 Å². The molecule has 0 aliphatic rings. The number of para-hydroxylation sites is 1. The summed E-state index contributed by atoms with van der Waals surface area (Å²) in [6.07, 6.45) is 2.40. The van der Waals surface area contributed by atoms with E-state index in [2.05, 4.69) is 4.98 Å². The largest absolute Gasteiger partial charge is 0.458 e. The third-order valence-corrected chi connectivity index (χ3v) is 3.33. The summed E-state index contributed by atoms with van der Waals surface area (Å²) in [5, 5.41) is 1.58. The van der Waals surface area contributed by atoms with Gasteiger partial charge in [-0.15, -0.1) is 0 Å². The van der Waals surface area contributed by atoms with Crippen molar-refractivity contribution < 1.29 is 4.42 Å². The Bertz CT molecular complexity index is 694. The van der Waals surface area contributed by atoms with Crippen LogP contribution in [0.3, 0.4) is 0 Å². The van der Waals surface area contributed by atoms with Gasteiger partial charge in [0.05, 0.1) is 11.1 Å². The fraction of sp³-hybridized carbons (Fsp3) is 0.133. The quantitative estimate of drug-likeness (QED) is 0.790. The number of fused-ring (bicyclic) bond motifs is 1. The van der Waals surface area contributed by atoms with Gasteiger partial charge in [-0.1, -0.05) is 29.8 Å². The Morgan fingerprint density at radius 2 is 2.11 bits per heavy atom. The predicted octanol–water partition coefficient (Wildman–Crippen LogP) is 3.72. The average Bonchev–Trinajstić information content (AvgIpc) is 2.85. The van der Waals surface area contributed by atoms with E-state index in [-0.39, 0.29) is 6.04 Å². The molecule has 2 N–H and O–H groups in total. The molecule has 3 nitrogen and oxygen atoms in total. The van der Waals surface area contributed by atoms with Crippen molar-refractivity contribution in [2.75, 3.05) is 0 Å². The van der Waals surface area contributed by atoms with Crippen LogP contribution in [0.25, 0.3) is 11.0 Å². The summed E-state index contributed by atoms with van der Waals surface area (Å²) in [4.78, 5) is 4.27. The molecule has 4 heteroatoms. The van der Waals surface area contributed by atoms with E-state index in [0.717, 1.165) is 16.8 Å². The van der Waals surface area contributed by atoms with Gasteiger partial charge in [0, 0.05) is 23.7 Å². The molecule has 0 aliphatic carbocycles. The highest BCUT2D eigenvalue weighted by Gasteiger charge is 2.14. The van der Waals surface area contributed by atoms with Crippen LogP contribution in [0.5, 0.6) is 0 Å². The molecule has 0 radical (unpaired) electrons. The molecule has 2 aromatic heterocycles. The van der Waals surface area contributed by atoms with Crippen molar-refractivity contribution in [3.05, 3.63) is 65.1 Å². The number of pyridine rings is 1. The molecule has 19 heavy (non-hydrogen) atoms. The average molecular weight is 273 g/mol. The van der Waals surface area contributed by atoms with Crippen LogP contribution in [0.4, 0.5) is 0 Å². The van der Waals surface area contributed by atoms with E-state index in [1.807, 2.05) is 36.4 Å². The lowest BCUT2D eigenvalue weighted by molar-refractivity contribution is 0.492. The second-order valence-corrected chi connectivity index (χ2v) is 4.85. The van der Waals surface area contributed by atoms with Crippen molar-refractivity contribution in [1.82, 2.24) is 4.98 Å². The van der Waals surface area contributed by atoms with E-state index < -0.39 is 0 Å².